The Bertz CT molecular complexity index is 1560. The third-order valence-electron chi connectivity index (χ3n) is 6.89. The van der Waals surface area contributed by atoms with Gasteiger partial charge in [0.1, 0.15) is 6.07 Å². The van der Waals surface area contributed by atoms with E-state index >= 15 is 0 Å². The van der Waals surface area contributed by atoms with E-state index in [1.807, 2.05) is 36.5 Å². The van der Waals surface area contributed by atoms with Crippen molar-refractivity contribution >= 4 is 22.9 Å². The summed E-state index contributed by atoms with van der Waals surface area (Å²) in [6.07, 6.45) is 4.17. The van der Waals surface area contributed by atoms with Crippen molar-refractivity contribution < 1.29 is 4.79 Å². The second-order valence-corrected chi connectivity index (χ2v) is 9.83. The molecule has 4 aromatic rings. The third kappa shape index (κ3) is 4.53. The van der Waals surface area contributed by atoms with E-state index in [0.717, 1.165) is 35.4 Å². The molecule has 1 aliphatic rings. The van der Waals surface area contributed by atoms with Crippen molar-refractivity contribution in [2.45, 2.75) is 26.3 Å². The molecule has 0 spiro atoms. The van der Waals surface area contributed by atoms with Gasteiger partial charge in [-0.15, -0.1) is 10.2 Å². The second kappa shape index (κ2) is 9.25. The zero-order chi connectivity index (χ0) is 26.2. The molecular formula is C27H25N9O. The van der Waals surface area contributed by atoms with Crippen molar-refractivity contribution in [3.63, 3.8) is 0 Å². The first kappa shape index (κ1) is 23.8. The lowest BCUT2D eigenvalue weighted by Crippen LogP contribution is -2.52. The lowest BCUT2D eigenvalue weighted by Gasteiger charge is -2.45. The van der Waals surface area contributed by atoms with Gasteiger partial charge in [0.15, 0.2) is 11.5 Å². The number of hydrogen-bond acceptors (Lipinski definition) is 8. The first-order chi connectivity index (χ1) is 17.8. The predicted octanol–water partition coefficient (Wildman–Crippen LogP) is 3.35. The van der Waals surface area contributed by atoms with Crippen LogP contribution in [0.2, 0.25) is 0 Å². The SMILES string of the molecule is CC1(C)CN(c2ccc(C#N)nn2)CCC1Nc1c(C(N)=O)cnn2cc(-c3ccc(C#N)cc3)cc12. The van der Waals surface area contributed by atoms with E-state index < -0.39 is 5.91 Å². The van der Waals surface area contributed by atoms with E-state index in [-0.39, 0.29) is 17.2 Å². The van der Waals surface area contributed by atoms with Crippen molar-refractivity contribution in [3.05, 3.63) is 71.7 Å². The van der Waals surface area contributed by atoms with Crippen LogP contribution in [-0.2, 0) is 0 Å². The van der Waals surface area contributed by atoms with Crippen LogP contribution in [0, 0.1) is 28.1 Å². The summed E-state index contributed by atoms with van der Waals surface area (Å²) in [5.74, 6) is 0.176. The lowest BCUT2D eigenvalue weighted by atomic mass is 9.78. The molecule has 1 saturated heterocycles. The van der Waals surface area contributed by atoms with Gasteiger partial charge in [-0.1, -0.05) is 26.0 Å². The highest BCUT2D eigenvalue weighted by Crippen LogP contribution is 2.36. The summed E-state index contributed by atoms with van der Waals surface area (Å²) in [5, 5.41) is 34.3. The van der Waals surface area contributed by atoms with Crippen LogP contribution in [0.4, 0.5) is 11.5 Å². The number of nitrogens with one attached hydrogen (secondary N) is 1. The molecule has 3 aromatic heterocycles. The number of nitriles is 2. The number of amides is 1. The minimum absolute atomic E-state index is 0.0349. The van der Waals surface area contributed by atoms with Crippen LogP contribution in [0.5, 0.6) is 0 Å². The van der Waals surface area contributed by atoms with Gasteiger partial charge in [0.2, 0.25) is 0 Å². The van der Waals surface area contributed by atoms with Crippen LogP contribution in [0.25, 0.3) is 16.6 Å². The molecule has 1 aromatic carbocycles. The summed E-state index contributed by atoms with van der Waals surface area (Å²) < 4.78 is 1.73. The predicted molar refractivity (Wildman–Crippen MR) is 139 cm³/mol. The normalized spacial score (nSPS) is 16.6. The first-order valence-corrected chi connectivity index (χ1v) is 11.9. The molecule has 10 nitrogen and oxygen atoms in total. The smallest absolute Gasteiger partial charge is 0.252 e. The Morgan fingerprint density at radius 3 is 2.51 bits per heavy atom. The average Bonchev–Trinajstić information content (AvgIpc) is 3.34. The first-order valence-electron chi connectivity index (χ1n) is 11.9. The quantitative estimate of drug-likeness (QED) is 0.432. The van der Waals surface area contributed by atoms with Gasteiger partial charge >= 0.3 is 0 Å². The monoisotopic (exact) mass is 491 g/mol. The largest absolute Gasteiger partial charge is 0.379 e. The molecule has 0 saturated carbocycles. The van der Waals surface area contributed by atoms with Gasteiger partial charge in [0.05, 0.1) is 34.6 Å². The van der Waals surface area contributed by atoms with E-state index in [2.05, 4.69) is 45.4 Å². The summed E-state index contributed by atoms with van der Waals surface area (Å²) in [5.41, 5.74) is 9.98. The van der Waals surface area contributed by atoms with E-state index in [4.69, 9.17) is 16.3 Å². The number of primary amides is 1. The summed E-state index contributed by atoms with van der Waals surface area (Å²) >= 11 is 0. The number of carbonyl (C=O) groups excluding carboxylic acids is 1. The summed E-state index contributed by atoms with van der Waals surface area (Å²) in [6, 6.07) is 16.9. The Labute approximate surface area is 213 Å². The Balaban J connectivity index is 1.46. The minimum atomic E-state index is -0.554. The van der Waals surface area contributed by atoms with Gasteiger partial charge in [0.25, 0.3) is 5.91 Å². The molecule has 4 heterocycles. The standard InChI is InChI=1S/C27H25N9O/c1-27(2)16-35(24-8-7-20(13-29)33-34-24)10-9-23(27)32-25-21(26(30)37)14-31-36-15-19(11-22(25)36)18-5-3-17(12-28)4-6-18/h3-8,11,14-15,23,32H,9-10,16H2,1-2H3,(H2,30,37). The van der Waals surface area contributed by atoms with Gasteiger partial charge in [-0.05, 0) is 42.3 Å². The molecule has 1 fully saturated rings. The maximum absolute atomic E-state index is 12.4. The molecule has 1 aliphatic heterocycles. The highest BCUT2D eigenvalue weighted by Gasteiger charge is 2.37. The number of anilines is 2. The molecule has 0 radical (unpaired) electrons. The van der Waals surface area contributed by atoms with E-state index in [0.29, 0.717) is 23.4 Å². The van der Waals surface area contributed by atoms with E-state index in [1.54, 1.807) is 22.7 Å². The number of benzene rings is 1. The molecule has 184 valence electrons. The van der Waals surface area contributed by atoms with Crippen molar-refractivity contribution in [2.24, 2.45) is 11.1 Å². The number of fused-ring (bicyclic) bond motifs is 1. The average molecular weight is 492 g/mol. The number of hydrogen-bond donors (Lipinski definition) is 2. The molecule has 0 aliphatic carbocycles. The fourth-order valence-electron chi connectivity index (χ4n) is 4.84. The molecule has 3 N–H and O–H groups in total. The molecule has 1 amide bonds. The van der Waals surface area contributed by atoms with Gasteiger partial charge < -0.3 is 16.0 Å². The zero-order valence-electron chi connectivity index (χ0n) is 20.5. The zero-order valence-corrected chi connectivity index (χ0v) is 20.5. The van der Waals surface area contributed by atoms with Crippen molar-refractivity contribution in [2.75, 3.05) is 23.3 Å². The third-order valence-corrected chi connectivity index (χ3v) is 6.89. The van der Waals surface area contributed by atoms with Crippen LogP contribution in [0.3, 0.4) is 0 Å². The number of piperidine rings is 1. The fraction of sp³-hybridized carbons (Fsp3) is 0.259. The maximum Gasteiger partial charge on any atom is 0.252 e. The minimum Gasteiger partial charge on any atom is -0.379 e. The molecule has 1 atom stereocenters. The van der Waals surface area contributed by atoms with E-state index in [1.165, 1.54) is 6.20 Å². The number of nitrogens with two attached hydrogens (primary N) is 1. The lowest BCUT2D eigenvalue weighted by molar-refractivity contribution is 0.100. The van der Waals surface area contributed by atoms with Crippen molar-refractivity contribution in [3.8, 4) is 23.3 Å². The summed E-state index contributed by atoms with van der Waals surface area (Å²) in [6.45, 7) is 5.76. The molecule has 0 bridgehead atoms. The summed E-state index contributed by atoms with van der Waals surface area (Å²) in [4.78, 5) is 14.5. The Morgan fingerprint density at radius 1 is 1.11 bits per heavy atom. The number of rotatable bonds is 5. The highest BCUT2D eigenvalue weighted by atomic mass is 16.1. The topological polar surface area (TPSA) is 149 Å². The van der Waals surface area contributed by atoms with Crippen LogP contribution < -0.4 is 16.0 Å². The Morgan fingerprint density at radius 2 is 1.89 bits per heavy atom. The van der Waals surface area contributed by atoms with Gasteiger partial charge in [-0.25, -0.2) is 4.52 Å². The van der Waals surface area contributed by atoms with Gasteiger partial charge in [-0.3, -0.25) is 4.79 Å². The van der Waals surface area contributed by atoms with Crippen molar-refractivity contribution in [1.82, 2.24) is 19.8 Å². The summed E-state index contributed by atoms with van der Waals surface area (Å²) in [7, 11) is 0. The second-order valence-electron chi connectivity index (χ2n) is 9.83. The molecule has 10 heteroatoms. The number of carbonyl (C=O) groups is 1. The molecular weight excluding hydrogens is 466 g/mol. The number of aromatic nitrogens is 4. The fourth-order valence-corrected chi connectivity index (χ4v) is 4.84. The Kier molecular flexibility index (Phi) is 5.94. The van der Waals surface area contributed by atoms with Crippen LogP contribution in [0.15, 0.2) is 54.9 Å². The molecule has 37 heavy (non-hydrogen) atoms. The molecule has 5 rings (SSSR count). The van der Waals surface area contributed by atoms with Crippen LogP contribution in [-0.4, -0.2) is 44.8 Å². The Hall–Kier alpha value is -4.96. The van der Waals surface area contributed by atoms with Gasteiger partial charge in [-0.2, -0.15) is 15.6 Å². The number of nitrogens with zero attached hydrogens (tertiary/aromatic N) is 7. The molecule has 1 unspecified atom stereocenters. The van der Waals surface area contributed by atoms with Crippen molar-refractivity contribution in [1.29, 1.82) is 10.5 Å². The van der Waals surface area contributed by atoms with Crippen LogP contribution >= 0.6 is 0 Å². The van der Waals surface area contributed by atoms with Crippen LogP contribution in [0.1, 0.15) is 41.9 Å². The van der Waals surface area contributed by atoms with E-state index in [9.17, 15) is 4.79 Å². The highest BCUT2D eigenvalue weighted by molar-refractivity contribution is 6.02. The maximum atomic E-state index is 12.4. The van der Waals surface area contributed by atoms with Gasteiger partial charge in [0, 0.05) is 36.3 Å².